The number of benzene rings is 2. The number of fused-ring (bicyclic) bond motifs is 1. The van der Waals surface area contributed by atoms with Crippen molar-refractivity contribution in [3.05, 3.63) is 60.0 Å². The molecular formula is C21H19F3N2O2S. The first-order chi connectivity index (χ1) is 13.8. The van der Waals surface area contributed by atoms with Gasteiger partial charge in [0.2, 0.25) is 9.84 Å². The fourth-order valence-corrected chi connectivity index (χ4v) is 5.17. The zero-order valence-corrected chi connectivity index (χ0v) is 16.5. The van der Waals surface area contributed by atoms with Crippen molar-refractivity contribution in [2.24, 2.45) is 5.92 Å². The van der Waals surface area contributed by atoms with E-state index >= 15 is 0 Å². The first kappa shape index (κ1) is 19.7. The minimum Gasteiger partial charge on any atom is -0.370 e. The van der Waals surface area contributed by atoms with E-state index in [1.165, 1.54) is 24.4 Å². The van der Waals surface area contributed by atoms with Crippen LogP contribution in [0.1, 0.15) is 19.8 Å². The molecule has 1 aliphatic heterocycles. The molecule has 1 aliphatic rings. The number of aromatic nitrogens is 1. The van der Waals surface area contributed by atoms with E-state index < -0.39 is 32.2 Å². The van der Waals surface area contributed by atoms with Crippen molar-refractivity contribution in [2.75, 3.05) is 18.0 Å². The Labute approximate surface area is 166 Å². The molecule has 1 aromatic heterocycles. The third-order valence-corrected chi connectivity index (χ3v) is 7.04. The summed E-state index contributed by atoms with van der Waals surface area (Å²) in [6.07, 6.45) is 2.90. The zero-order valence-electron chi connectivity index (χ0n) is 15.7. The van der Waals surface area contributed by atoms with Crippen molar-refractivity contribution in [3.8, 4) is 0 Å². The lowest BCUT2D eigenvalue weighted by molar-refractivity contribution is 0.437. The van der Waals surface area contributed by atoms with Gasteiger partial charge in [-0.05, 0) is 49.1 Å². The second kappa shape index (κ2) is 7.33. The van der Waals surface area contributed by atoms with Crippen LogP contribution in [-0.2, 0) is 9.84 Å². The van der Waals surface area contributed by atoms with Gasteiger partial charge < -0.3 is 4.90 Å². The summed E-state index contributed by atoms with van der Waals surface area (Å²) in [5, 5.41) is 0.359. The number of pyridine rings is 1. The van der Waals surface area contributed by atoms with Crippen LogP contribution in [0, 0.1) is 23.4 Å². The predicted molar refractivity (Wildman–Crippen MR) is 104 cm³/mol. The van der Waals surface area contributed by atoms with Gasteiger partial charge in [-0.25, -0.2) is 21.6 Å². The highest BCUT2D eigenvalue weighted by atomic mass is 32.2. The standard InChI is InChI=1S/C21H19F3N2O2S/c1-13-4-6-26(7-5-13)21-18-11-14(22)2-3-19(18)25-12-20(21)29(27,28)17-9-15(23)8-16(24)10-17/h2-3,8-13H,4-7H2,1H3. The molecule has 0 amide bonds. The molecule has 0 bridgehead atoms. The molecule has 152 valence electrons. The second-order valence-electron chi connectivity index (χ2n) is 7.41. The van der Waals surface area contributed by atoms with Crippen molar-refractivity contribution in [3.63, 3.8) is 0 Å². The van der Waals surface area contributed by atoms with Gasteiger partial charge in [0.25, 0.3) is 0 Å². The Hall–Kier alpha value is -2.61. The number of sulfone groups is 1. The van der Waals surface area contributed by atoms with Gasteiger partial charge in [-0.1, -0.05) is 6.92 Å². The summed E-state index contributed by atoms with van der Waals surface area (Å²) in [6.45, 7) is 3.31. The summed E-state index contributed by atoms with van der Waals surface area (Å²) in [6, 6.07) is 6.15. The van der Waals surface area contributed by atoms with Gasteiger partial charge in [-0.3, -0.25) is 4.98 Å². The molecule has 1 fully saturated rings. The molecule has 0 spiro atoms. The van der Waals surface area contributed by atoms with Crippen LogP contribution in [0.25, 0.3) is 10.9 Å². The van der Waals surface area contributed by atoms with Crippen LogP contribution in [0.4, 0.5) is 18.9 Å². The van der Waals surface area contributed by atoms with Crippen LogP contribution in [0.3, 0.4) is 0 Å². The molecule has 0 saturated carbocycles. The Kier molecular flexibility index (Phi) is 4.98. The average molecular weight is 420 g/mol. The molecule has 8 heteroatoms. The number of piperidine rings is 1. The summed E-state index contributed by atoms with van der Waals surface area (Å²) < 4.78 is 68.0. The first-order valence-corrected chi connectivity index (χ1v) is 10.8. The lowest BCUT2D eigenvalue weighted by Crippen LogP contribution is -2.34. The van der Waals surface area contributed by atoms with Gasteiger partial charge in [-0.15, -0.1) is 0 Å². The quantitative estimate of drug-likeness (QED) is 0.615. The Balaban J connectivity index is 1.97. The molecule has 4 rings (SSSR count). The number of rotatable bonds is 3. The van der Waals surface area contributed by atoms with E-state index in [0.717, 1.165) is 25.0 Å². The summed E-state index contributed by atoms with van der Waals surface area (Å²) in [5.41, 5.74) is 0.774. The lowest BCUT2D eigenvalue weighted by Gasteiger charge is -2.34. The van der Waals surface area contributed by atoms with Crippen molar-refractivity contribution < 1.29 is 21.6 Å². The smallest absolute Gasteiger partial charge is 0.210 e. The summed E-state index contributed by atoms with van der Waals surface area (Å²) >= 11 is 0. The fourth-order valence-electron chi connectivity index (χ4n) is 3.70. The maximum Gasteiger partial charge on any atom is 0.210 e. The number of halogens is 3. The summed E-state index contributed by atoms with van der Waals surface area (Å²) in [4.78, 5) is 5.38. The lowest BCUT2D eigenvalue weighted by atomic mass is 9.98. The van der Waals surface area contributed by atoms with E-state index in [1.54, 1.807) is 0 Å². The van der Waals surface area contributed by atoms with Crippen molar-refractivity contribution in [2.45, 2.75) is 29.6 Å². The van der Waals surface area contributed by atoms with Crippen LogP contribution in [0.2, 0.25) is 0 Å². The first-order valence-electron chi connectivity index (χ1n) is 9.30. The zero-order chi connectivity index (χ0) is 20.8. The molecule has 3 aromatic rings. The van der Waals surface area contributed by atoms with Crippen LogP contribution in [0.15, 0.2) is 52.4 Å². The molecule has 0 atom stereocenters. The van der Waals surface area contributed by atoms with Gasteiger partial charge in [0.05, 0.1) is 16.1 Å². The normalized spacial score (nSPS) is 15.8. The van der Waals surface area contributed by atoms with Gasteiger partial charge >= 0.3 is 0 Å². The molecule has 0 aliphatic carbocycles. The van der Waals surface area contributed by atoms with E-state index in [9.17, 15) is 21.6 Å². The molecule has 1 saturated heterocycles. The fraction of sp³-hybridized carbons (Fsp3) is 0.286. The Morgan fingerprint density at radius 3 is 2.28 bits per heavy atom. The van der Waals surface area contributed by atoms with E-state index in [0.29, 0.717) is 41.7 Å². The maximum atomic E-state index is 14.0. The number of anilines is 1. The molecule has 0 N–H and O–H groups in total. The summed E-state index contributed by atoms with van der Waals surface area (Å²) in [7, 11) is -4.29. The summed E-state index contributed by atoms with van der Waals surface area (Å²) in [5.74, 6) is -2.00. The van der Waals surface area contributed by atoms with Crippen LogP contribution in [-0.4, -0.2) is 26.5 Å². The molecule has 0 radical (unpaired) electrons. The third kappa shape index (κ3) is 3.69. The van der Waals surface area contributed by atoms with E-state index in [1.807, 2.05) is 4.90 Å². The Morgan fingerprint density at radius 1 is 0.966 bits per heavy atom. The Morgan fingerprint density at radius 2 is 1.62 bits per heavy atom. The highest BCUT2D eigenvalue weighted by molar-refractivity contribution is 7.91. The topological polar surface area (TPSA) is 50.3 Å². The van der Waals surface area contributed by atoms with E-state index in [4.69, 9.17) is 0 Å². The highest BCUT2D eigenvalue weighted by Gasteiger charge is 2.29. The second-order valence-corrected chi connectivity index (χ2v) is 9.33. The average Bonchev–Trinajstić information content (AvgIpc) is 2.67. The molecule has 2 heterocycles. The monoisotopic (exact) mass is 420 g/mol. The maximum absolute atomic E-state index is 14.0. The minimum atomic E-state index is -4.29. The van der Waals surface area contributed by atoms with Crippen LogP contribution >= 0.6 is 0 Å². The molecule has 2 aromatic carbocycles. The number of nitrogens with zero attached hydrogens (tertiary/aromatic N) is 2. The van der Waals surface area contributed by atoms with E-state index in [-0.39, 0.29) is 4.90 Å². The van der Waals surface area contributed by atoms with Crippen LogP contribution in [0.5, 0.6) is 0 Å². The van der Waals surface area contributed by atoms with Crippen LogP contribution < -0.4 is 4.90 Å². The third-order valence-electron chi connectivity index (χ3n) is 5.30. The molecule has 29 heavy (non-hydrogen) atoms. The number of hydrogen-bond donors (Lipinski definition) is 0. The Bertz CT molecular complexity index is 1170. The van der Waals surface area contributed by atoms with Crippen molar-refractivity contribution in [1.82, 2.24) is 4.98 Å². The highest BCUT2D eigenvalue weighted by Crippen LogP contribution is 2.38. The van der Waals surface area contributed by atoms with Gasteiger partial charge in [0.15, 0.2) is 0 Å². The number of hydrogen-bond acceptors (Lipinski definition) is 4. The van der Waals surface area contributed by atoms with Gasteiger partial charge in [0, 0.05) is 30.7 Å². The molecular weight excluding hydrogens is 401 g/mol. The SMILES string of the molecule is CC1CCN(c2c(S(=O)(=O)c3cc(F)cc(F)c3)cnc3ccc(F)cc23)CC1. The van der Waals surface area contributed by atoms with Crippen molar-refractivity contribution >= 4 is 26.4 Å². The molecule has 0 unspecified atom stereocenters. The van der Waals surface area contributed by atoms with Gasteiger partial charge in [0.1, 0.15) is 22.3 Å². The van der Waals surface area contributed by atoms with E-state index in [2.05, 4.69) is 11.9 Å². The van der Waals surface area contributed by atoms with Crippen molar-refractivity contribution in [1.29, 1.82) is 0 Å². The molecule has 4 nitrogen and oxygen atoms in total. The van der Waals surface area contributed by atoms with Gasteiger partial charge in [-0.2, -0.15) is 0 Å². The predicted octanol–water partition coefficient (Wildman–Crippen LogP) is 4.72. The largest absolute Gasteiger partial charge is 0.370 e. The minimum absolute atomic E-state index is 0.185.